The molecule has 2 N–H and O–H groups in total. The van der Waals surface area contributed by atoms with E-state index in [2.05, 4.69) is 14.3 Å². The average molecular weight is 445 g/mol. The number of pyridine rings is 2. The Morgan fingerprint density at radius 3 is 2.50 bits per heavy atom. The van der Waals surface area contributed by atoms with Crippen LogP contribution < -0.4 is 5.73 Å². The Kier molecular flexibility index (Phi) is 5.96. The van der Waals surface area contributed by atoms with Crippen molar-refractivity contribution in [3.63, 3.8) is 0 Å². The minimum Gasteiger partial charge on any atom is -0.384 e. The van der Waals surface area contributed by atoms with E-state index < -0.39 is 12.7 Å². The molecular formula is C23H26F3N5O. The lowest BCUT2D eigenvalue weighted by molar-refractivity contribution is -0.149. The van der Waals surface area contributed by atoms with Crippen LogP contribution in [0.4, 0.5) is 19.0 Å². The van der Waals surface area contributed by atoms with Gasteiger partial charge in [-0.1, -0.05) is 0 Å². The van der Waals surface area contributed by atoms with E-state index in [1.165, 1.54) is 4.90 Å². The fourth-order valence-electron chi connectivity index (χ4n) is 4.57. The Labute approximate surface area is 184 Å². The van der Waals surface area contributed by atoms with Crippen molar-refractivity contribution in [3.05, 3.63) is 53.5 Å². The summed E-state index contributed by atoms with van der Waals surface area (Å²) in [5, 5.41) is 0. The molecule has 170 valence electrons. The highest BCUT2D eigenvalue weighted by Gasteiger charge is 2.33. The first kappa shape index (κ1) is 22.3. The molecule has 3 aromatic rings. The molecule has 4 heterocycles. The van der Waals surface area contributed by atoms with Crippen LogP contribution >= 0.6 is 0 Å². The number of nitrogens with two attached hydrogens (primary N) is 1. The molecule has 0 spiro atoms. The van der Waals surface area contributed by atoms with Gasteiger partial charge in [-0.3, -0.25) is 14.6 Å². The first-order chi connectivity index (χ1) is 15.2. The molecule has 1 saturated heterocycles. The fraction of sp³-hybridized carbons (Fsp3) is 0.391. The Bertz CT molecular complexity index is 1120. The molecule has 6 nitrogen and oxygen atoms in total. The number of piperazine rings is 1. The van der Waals surface area contributed by atoms with Gasteiger partial charge in [0, 0.05) is 67.0 Å². The van der Waals surface area contributed by atoms with Gasteiger partial charge in [0.15, 0.2) is 0 Å². The van der Waals surface area contributed by atoms with E-state index in [0.717, 1.165) is 34.2 Å². The van der Waals surface area contributed by atoms with E-state index in [0.29, 0.717) is 37.6 Å². The molecule has 0 amide bonds. The standard InChI is InChI=1S/C23H26F3N5O/c1-15-18(13-32)11-20-19(17-3-4-21(27)28-12-17)5-6-31(20)22(15)16(2)30-9-7-29(8-10-30)14-23(24,25)26/h3-6,11-13,16H,7-10,14H2,1-2H3,(H2,27,28). The third-order valence-electron chi connectivity index (χ3n) is 6.27. The van der Waals surface area contributed by atoms with Crippen molar-refractivity contribution in [3.8, 4) is 11.1 Å². The van der Waals surface area contributed by atoms with Crippen molar-refractivity contribution in [2.75, 3.05) is 38.5 Å². The predicted octanol–water partition coefficient (Wildman–Crippen LogP) is 3.95. The van der Waals surface area contributed by atoms with Crippen LogP contribution in [-0.4, -0.2) is 64.4 Å². The normalized spacial score (nSPS) is 17.0. The van der Waals surface area contributed by atoms with E-state index in [1.54, 1.807) is 12.3 Å². The van der Waals surface area contributed by atoms with Crippen molar-refractivity contribution in [2.24, 2.45) is 0 Å². The van der Waals surface area contributed by atoms with Gasteiger partial charge in [0.05, 0.1) is 12.1 Å². The van der Waals surface area contributed by atoms with Gasteiger partial charge in [-0.25, -0.2) is 4.98 Å². The number of aromatic nitrogens is 2. The van der Waals surface area contributed by atoms with Crippen LogP contribution in [0.1, 0.15) is 34.6 Å². The summed E-state index contributed by atoms with van der Waals surface area (Å²) in [5.74, 6) is 0.431. The molecule has 0 radical (unpaired) electrons. The maximum absolute atomic E-state index is 12.7. The second-order valence-corrected chi connectivity index (χ2v) is 8.29. The number of hydrogen-bond acceptors (Lipinski definition) is 5. The summed E-state index contributed by atoms with van der Waals surface area (Å²) < 4.78 is 40.3. The molecule has 1 fully saturated rings. The number of halogens is 3. The van der Waals surface area contributed by atoms with Gasteiger partial charge in [0.1, 0.15) is 12.1 Å². The first-order valence-corrected chi connectivity index (χ1v) is 10.5. The van der Waals surface area contributed by atoms with Crippen LogP contribution in [-0.2, 0) is 0 Å². The molecule has 0 saturated carbocycles. The predicted molar refractivity (Wildman–Crippen MR) is 118 cm³/mol. The van der Waals surface area contributed by atoms with Crippen molar-refractivity contribution in [2.45, 2.75) is 26.1 Å². The molecule has 1 atom stereocenters. The number of hydrogen-bond donors (Lipinski definition) is 1. The number of alkyl halides is 3. The van der Waals surface area contributed by atoms with E-state index >= 15 is 0 Å². The summed E-state index contributed by atoms with van der Waals surface area (Å²) in [6, 6.07) is 7.40. The highest BCUT2D eigenvalue weighted by atomic mass is 19.4. The second kappa shape index (κ2) is 8.55. The third kappa shape index (κ3) is 4.35. The van der Waals surface area contributed by atoms with Crippen molar-refractivity contribution in [1.82, 2.24) is 19.2 Å². The molecule has 0 bridgehead atoms. The van der Waals surface area contributed by atoms with Gasteiger partial charge < -0.3 is 10.1 Å². The van der Waals surface area contributed by atoms with Gasteiger partial charge in [0.2, 0.25) is 0 Å². The number of nitrogens with zero attached hydrogens (tertiary/aromatic N) is 4. The molecule has 3 aromatic heterocycles. The zero-order valence-electron chi connectivity index (χ0n) is 18.1. The molecule has 0 aromatic carbocycles. The van der Waals surface area contributed by atoms with Gasteiger partial charge in [0.25, 0.3) is 0 Å². The monoisotopic (exact) mass is 445 g/mol. The fourth-order valence-corrected chi connectivity index (χ4v) is 4.57. The molecule has 1 unspecified atom stereocenters. The first-order valence-electron chi connectivity index (χ1n) is 10.5. The zero-order chi connectivity index (χ0) is 23.0. The van der Waals surface area contributed by atoms with Crippen LogP contribution in [0, 0.1) is 6.92 Å². The van der Waals surface area contributed by atoms with E-state index in [4.69, 9.17) is 5.73 Å². The minimum atomic E-state index is -4.19. The lowest BCUT2D eigenvalue weighted by Gasteiger charge is -2.39. The second-order valence-electron chi connectivity index (χ2n) is 8.29. The Hall–Kier alpha value is -2.91. The molecule has 32 heavy (non-hydrogen) atoms. The summed E-state index contributed by atoms with van der Waals surface area (Å²) in [5.41, 5.74) is 10.8. The van der Waals surface area contributed by atoms with Gasteiger partial charge >= 0.3 is 6.18 Å². The summed E-state index contributed by atoms with van der Waals surface area (Å²) in [7, 11) is 0. The summed E-state index contributed by atoms with van der Waals surface area (Å²) in [6.45, 7) is 4.84. The molecule has 0 aliphatic carbocycles. The highest BCUT2D eigenvalue weighted by molar-refractivity contribution is 5.87. The van der Waals surface area contributed by atoms with Crippen molar-refractivity contribution in [1.29, 1.82) is 0 Å². The van der Waals surface area contributed by atoms with Crippen LogP contribution in [0.15, 0.2) is 36.7 Å². The van der Waals surface area contributed by atoms with Crippen LogP contribution in [0.5, 0.6) is 0 Å². The smallest absolute Gasteiger partial charge is 0.384 e. The van der Waals surface area contributed by atoms with Gasteiger partial charge in [-0.2, -0.15) is 13.2 Å². The number of aldehydes is 1. The number of nitrogen functional groups attached to an aromatic ring is 1. The summed E-state index contributed by atoms with van der Waals surface area (Å²) in [6.07, 6.45) is 0.334. The van der Waals surface area contributed by atoms with Gasteiger partial charge in [-0.05, 0) is 43.7 Å². The number of carbonyl (C=O) groups is 1. The summed E-state index contributed by atoms with van der Waals surface area (Å²) >= 11 is 0. The molecule has 1 aliphatic heterocycles. The zero-order valence-corrected chi connectivity index (χ0v) is 18.1. The van der Waals surface area contributed by atoms with Crippen molar-refractivity contribution < 1.29 is 18.0 Å². The minimum absolute atomic E-state index is 0.0739. The van der Waals surface area contributed by atoms with E-state index in [-0.39, 0.29) is 6.04 Å². The quantitative estimate of drug-likeness (QED) is 0.603. The lowest BCUT2D eigenvalue weighted by atomic mass is 10.0. The van der Waals surface area contributed by atoms with E-state index in [1.807, 2.05) is 38.2 Å². The third-order valence-corrected chi connectivity index (χ3v) is 6.27. The largest absolute Gasteiger partial charge is 0.401 e. The molecule has 1 aliphatic rings. The summed E-state index contributed by atoms with van der Waals surface area (Å²) in [4.78, 5) is 19.6. The lowest BCUT2D eigenvalue weighted by Crippen LogP contribution is -2.49. The molecular weight excluding hydrogens is 419 g/mol. The maximum Gasteiger partial charge on any atom is 0.401 e. The maximum atomic E-state index is 12.7. The SMILES string of the molecule is Cc1c(C=O)cc2c(-c3ccc(N)nc3)ccn2c1C(C)N1CCN(CC(F)(F)F)CC1. The Balaban J connectivity index is 1.68. The highest BCUT2D eigenvalue weighted by Crippen LogP contribution is 2.33. The molecule has 4 rings (SSSR count). The van der Waals surface area contributed by atoms with Crippen molar-refractivity contribution >= 4 is 17.6 Å². The topological polar surface area (TPSA) is 66.9 Å². The Morgan fingerprint density at radius 1 is 1.19 bits per heavy atom. The van der Waals surface area contributed by atoms with E-state index in [9.17, 15) is 18.0 Å². The number of rotatable bonds is 5. The van der Waals surface area contributed by atoms with Crippen LogP contribution in [0.2, 0.25) is 0 Å². The van der Waals surface area contributed by atoms with Crippen LogP contribution in [0.25, 0.3) is 16.6 Å². The van der Waals surface area contributed by atoms with Crippen LogP contribution in [0.3, 0.4) is 0 Å². The van der Waals surface area contributed by atoms with Gasteiger partial charge in [-0.15, -0.1) is 0 Å². The number of fused-ring (bicyclic) bond motifs is 1. The number of anilines is 1. The number of carbonyl (C=O) groups excluding carboxylic acids is 1. The Morgan fingerprint density at radius 2 is 1.91 bits per heavy atom. The average Bonchev–Trinajstić information content (AvgIpc) is 3.16. The molecule has 9 heteroatoms.